The Morgan fingerprint density at radius 2 is 2.43 bits per heavy atom. The van der Waals surface area contributed by atoms with E-state index < -0.39 is 5.97 Å². The number of hydrogen-bond donors (Lipinski definition) is 0. The van der Waals surface area contributed by atoms with Gasteiger partial charge in [-0.3, -0.25) is 0 Å². The number of nitrogens with zero attached hydrogens (tertiary/aromatic N) is 1. The fourth-order valence-corrected chi connectivity index (χ4v) is 0.909. The van der Waals surface area contributed by atoms with Crippen molar-refractivity contribution in [3.8, 4) is 0 Å². The van der Waals surface area contributed by atoms with Crippen LogP contribution in [0.4, 0.5) is 0 Å². The average Bonchev–Trinajstić information content (AvgIpc) is 2.72. The van der Waals surface area contributed by atoms with Gasteiger partial charge in [0.15, 0.2) is 6.26 Å². The average molecular weight is 193 g/mol. The van der Waals surface area contributed by atoms with E-state index in [0.717, 1.165) is 0 Å². The Labute approximate surface area is 79.9 Å². The van der Waals surface area contributed by atoms with Crippen molar-refractivity contribution in [2.45, 2.75) is 0 Å². The molecule has 0 radical (unpaired) electrons. The first-order chi connectivity index (χ1) is 6.86. The van der Waals surface area contributed by atoms with Crippen molar-refractivity contribution >= 4 is 5.97 Å². The number of aromatic nitrogens is 1. The first-order valence-corrected chi connectivity index (χ1v) is 3.94. The van der Waals surface area contributed by atoms with Crippen molar-refractivity contribution in [1.82, 2.24) is 4.98 Å². The van der Waals surface area contributed by atoms with Gasteiger partial charge < -0.3 is 14.2 Å². The van der Waals surface area contributed by atoms with Crippen molar-refractivity contribution in [3.63, 3.8) is 0 Å². The van der Waals surface area contributed by atoms with Crippen molar-refractivity contribution in [1.29, 1.82) is 0 Å². The molecule has 0 saturated carbocycles. The molecule has 1 aliphatic rings. The molecule has 0 fully saturated rings. The van der Waals surface area contributed by atoms with Gasteiger partial charge in [0, 0.05) is 6.20 Å². The first-order valence-electron chi connectivity index (χ1n) is 3.94. The molecule has 72 valence electrons. The van der Waals surface area contributed by atoms with Crippen molar-refractivity contribution in [2.24, 2.45) is 0 Å². The molecule has 0 aliphatic carbocycles. The molecule has 1 aromatic rings. The summed E-state index contributed by atoms with van der Waals surface area (Å²) >= 11 is 0. The van der Waals surface area contributed by atoms with E-state index in [0.29, 0.717) is 0 Å². The molecular formula is C9H7NO4. The minimum absolute atomic E-state index is 0.0562. The molecule has 14 heavy (non-hydrogen) atoms. The van der Waals surface area contributed by atoms with Crippen LogP contribution >= 0.6 is 0 Å². The lowest BCUT2D eigenvalue weighted by Crippen LogP contribution is -2.07. The molecule has 0 saturated heterocycles. The lowest BCUT2D eigenvalue weighted by atomic mass is 10.4. The molecule has 0 atom stereocenters. The highest BCUT2D eigenvalue weighted by molar-refractivity contribution is 5.87. The fraction of sp³-hybridized carbons (Fsp3) is 0.111. The van der Waals surface area contributed by atoms with Crippen LogP contribution in [-0.4, -0.2) is 17.7 Å². The summed E-state index contributed by atoms with van der Waals surface area (Å²) in [6.07, 6.45) is 2.75. The van der Waals surface area contributed by atoms with Gasteiger partial charge in [0.25, 0.3) is 0 Å². The van der Waals surface area contributed by atoms with Crippen molar-refractivity contribution < 1.29 is 19.0 Å². The van der Waals surface area contributed by atoms with Gasteiger partial charge in [0.05, 0.1) is 0 Å². The summed E-state index contributed by atoms with van der Waals surface area (Å²) in [5.74, 6) is -0.511. The predicted molar refractivity (Wildman–Crippen MR) is 44.8 cm³/mol. The van der Waals surface area contributed by atoms with E-state index >= 15 is 0 Å². The second-order valence-electron chi connectivity index (χ2n) is 2.47. The second kappa shape index (κ2) is 3.78. The van der Waals surface area contributed by atoms with Crippen molar-refractivity contribution in [2.75, 3.05) is 6.79 Å². The lowest BCUT2D eigenvalue weighted by molar-refractivity contribution is 0.0102. The first kappa shape index (κ1) is 8.55. The van der Waals surface area contributed by atoms with E-state index in [1.54, 1.807) is 18.2 Å². The number of pyridine rings is 1. The van der Waals surface area contributed by atoms with Crippen LogP contribution in [0.2, 0.25) is 0 Å². The lowest BCUT2D eigenvalue weighted by Gasteiger charge is -2.01. The SMILES string of the molecule is O=C(OC1=COCO1)c1ccccn1. The minimum Gasteiger partial charge on any atom is -0.458 e. The van der Waals surface area contributed by atoms with Gasteiger partial charge in [-0.25, -0.2) is 9.78 Å². The molecule has 0 spiro atoms. The monoisotopic (exact) mass is 193 g/mol. The van der Waals surface area contributed by atoms with Gasteiger partial charge in [-0.2, -0.15) is 0 Å². The summed E-state index contributed by atoms with van der Waals surface area (Å²) in [5.41, 5.74) is 0.226. The Bertz CT molecular complexity index is 360. The van der Waals surface area contributed by atoms with Crippen molar-refractivity contribution in [3.05, 3.63) is 42.3 Å². The van der Waals surface area contributed by atoms with Gasteiger partial charge in [-0.05, 0) is 12.1 Å². The van der Waals surface area contributed by atoms with E-state index in [1.165, 1.54) is 12.5 Å². The zero-order valence-corrected chi connectivity index (χ0v) is 7.17. The predicted octanol–water partition coefficient (Wildman–Crippen LogP) is 1.04. The Morgan fingerprint density at radius 3 is 3.07 bits per heavy atom. The number of hydrogen-bond acceptors (Lipinski definition) is 5. The molecule has 0 N–H and O–H groups in total. The normalized spacial score (nSPS) is 13.9. The Kier molecular flexibility index (Phi) is 2.31. The van der Waals surface area contributed by atoms with E-state index in [1.807, 2.05) is 0 Å². The summed E-state index contributed by atoms with van der Waals surface area (Å²) < 4.78 is 14.3. The van der Waals surface area contributed by atoms with Crippen LogP contribution in [0.3, 0.4) is 0 Å². The third kappa shape index (κ3) is 1.82. The van der Waals surface area contributed by atoms with Crippen LogP contribution in [0.1, 0.15) is 10.5 Å². The summed E-state index contributed by atoms with van der Waals surface area (Å²) in [5, 5.41) is 0. The molecule has 1 aromatic heterocycles. The van der Waals surface area contributed by atoms with Gasteiger partial charge in [-0.15, -0.1) is 0 Å². The number of rotatable bonds is 2. The van der Waals surface area contributed by atoms with E-state index in [-0.39, 0.29) is 18.4 Å². The second-order valence-corrected chi connectivity index (χ2v) is 2.47. The zero-order valence-electron chi connectivity index (χ0n) is 7.17. The molecule has 0 bridgehead atoms. The Morgan fingerprint density at radius 1 is 1.50 bits per heavy atom. The molecule has 2 heterocycles. The summed E-state index contributed by atoms with van der Waals surface area (Å²) in [4.78, 5) is 15.2. The standard InChI is InChI=1S/C9H7NO4/c11-9(7-3-1-2-4-10-7)14-8-5-12-6-13-8/h1-5H,6H2. The number of carbonyl (C=O) groups is 1. The van der Waals surface area contributed by atoms with Crippen LogP contribution in [0.25, 0.3) is 0 Å². The van der Waals surface area contributed by atoms with Gasteiger partial charge in [-0.1, -0.05) is 6.07 Å². The molecule has 0 amide bonds. The van der Waals surface area contributed by atoms with Crippen LogP contribution in [0, 0.1) is 0 Å². The third-order valence-electron chi connectivity index (χ3n) is 1.52. The number of ether oxygens (including phenoxy) is 3. The van der Waals surface area contributed by atoms with E-state index in [2.05, 4.69) is 4.98 Å². The van der Waals surface area contributed by atoms with E-state index in [4.69, 9.17) is 14.2 Å². The maximum atomic E-state index is 11.3. The highest BCUT2D eigenvalue weighted by Crippen LogP contribution is 2.10. The Balaban J connectivity index is 2.03. The van der Waals surface area contributed by atoms with Crippen LogP contribution in [-0.2, 0) is 14.2 Å². The van der Waals surface area contributed by atoms with Crippen LogP contribution in [0.5, 0.6) is 0 Å². The maximum absolute atomic E-state index is 11.3. The van der Waals surface area contributed by atoms with Crippen LogP contribution in [0.15, 0.2) is 36.6 Å². The number of carbonyl (C=O) groups excluding carboxylic acids is 1. The molecule has 5 heteroatoms. The third-order valence-corrected chi connectivity index (χ3v) is 1.52. The summed E-state index contributed by atoms with van der Waals surface area (Å²) in [7, 11) is 0. The van der Waals surface area contributed by atoms with E-state index in [9.17, 15) is 4.79 Å². The quantitative estimate of drug-likeness (QED) is 0.657. The molecule has 0 unspecified atom stereocenters. The molecule has 1 aliphatic heterocycles. The molecular weight excluding hydrogens is 186 g/mol. The highest BCUT2D eigenvalue weighted by Gasteiger charge is 2.15. The largest absolute Gasteiger partial charge is 0.458 e. The zero-order chi connectivity index (χ0) is 9.80. The van der Waals surface area contributed by atoms with Crippen LogP contribution < -0.4 is 0 Å². The molecule has 0 aromatic carbocycles. The van der Waals surface area contributed by atoms with Gasteiger partial charge in [0.1, 0.15) is 5.69 Å². The fourth-order valence-electron chi connectivity index (χ4n) is 0.909. The Hall–Kier alpha value is -2.04. The topological polar surface area (TPSA) is 57.7 Å². The smallest absolute Gasteiger partial charge is 0.364 e. The number of esters is 1. The van der Waals surface area contributed by atoms with Gasteiger partial charge in [0.2, 0.25) is 6.79 Å². The summed E-state index contributed by atoms with van der Waals surface area (Å²) in [6, 6.07) is 4.97. The highest BCUT2D eigenvalue weighted by atomic mass is 16.8. The van der Waals surface area contributed by atoms with Gasteiger partial charge >= 0.3 is 11.9 Å². The summed E-state index contributed by atoms with van der Waals surface area (Å²) in [6.45, 7) is 0.0742. The maximum Gasteiger partial charge on any atom is 0.364 e. The molecule has 5 nitrogen and oxygen atoms in total. The molecule has 2 rings (SSSR count). The minimum atomic E-state index is -0.567.